The number of rotatable bonds is 8. The number of ether oxygens (including phenoxy) is 1. The van der Waals surface area contributed by atoms with Crippen LogP contribution in [0.1, 0.15) is 40.5 Å². The van der Waals surface area contributed by atoms with Gasteiger partial charge in [-0.1, -0.05) is 51.4 Å². The van der Waals surface area contributed by atoms with Crippen LogP contribution >= 0.6 is 15.9 Å². The lowest BCUT2D eigenvalue weighted by Crippen LogP contribution is -2.31. The minimum absolute atomic E-state index is 0.185. The predicted molar refractivity (Wildman–Crippen MR) is 104 cm³/mol. The summed E-state index contributed by atoms with van der Waals surface area (Å²) in [4.78, 5) is 11.6. The first-order chi connectivity index (χ1) is 11.6. The summed E-state index contributed by atoms with van der Waals surface area (Å²) < 4.78 is 29.7. The largest absolute Gasteiger partial charge is 0.456 e. The van der Waals surface area contributed by atoms with E-state index in [4.69, 9.17) is 4.74 Å². The first-order valence-corrected chi connectivity index (χ1v) is 10.5. The fourth-order valence-corrected chi connectivity index (χ4v) is 4.42. The summed E-state index contributed by atoms with van der Waals surface area (Å²) in [5, 5.41) is 0. The maximum absolute atomic E-state index is 12.8. The predicted octanol–water partition coefficient (Wildman–Crippen LogP) is 4.81. The molecule has 1 aromatic carbocycles. The molecule has 0 heterocycles. The second-order valence-electron chi connectivity index (χ2n) is 6.12. The second-order valence-corrected chi connectivity index (χ2v) is 9.78. The van der Waals surface area contributed by atoms with Gasteiger partial charge in [-0.2, -0.15) is 0 Å². The maximum atomic E-state index is 12.8. The van der Waals surface area contributed by atoms with E-state index in [1.165, 1.54) is 24.6 Å². The van der Waals surface area contributed by atoms with Gasteiger partial charge in [-0.15, -0.1) is 0 Å². The molecule has 6 heteroatoms. The zero-order valence-corrected chi connectivity index (χ0v) is 17.4. The fourth-order valence-electron chi connectivity index (χ4n) is 2.22. The molecule has 0 spiro atoms. The van der Waals surface area contributed by atoms with Gasteiger partial charge in [0.25, 0.3) is 0 Å². The highest BCUT2D eigenvalue weighted by Crippen LogP contribution is 2.26. The van der Waals surface area contributed by atoms with Crippen LogP contribution in [0.25, 0.3) is 0 Å². The van der Waals surface area contributed by atoms with Gasteiger partial charge >= 0.3 is 5.97 Å². The first-order valence-electron chi connectivity index (χ1n) is 8.05. The van der Waals surface area contributed by atoms with Crippen LogP contribution in [0.5, 0.6) is 0 Å². The van der Waals surface area contributed by atoms with Crippen LogP contribution in [0.2, 0.25) is 0 Å². The minimum atomic E-state index is -3.68. The molecule has 0 radical (unpaired) electrons. The minimum Gasteiger partial charge on any atom is -0.456 e. The number of halogens is 1. The van der Waals surface area contributed by atoms with E-state index in [0.717, 1.165) is 18.4 Å². The topological polar surface area (TPSA) is 60.4 Å². The van der Waals surface area contributed by atoms with Gasteiger partial charge in [0.05, 0.1) is 4.90 Å². The number of hydrogen-bond acceptors (Lipinski definition) is 4. The quantitative estimate of drug-likeness (QED) is 0.338. The lowest BCUT2D eigenvalue weighted by Gasteiger charge is -2.20. The van der Waals surface area contributed by atoms with E-state index in [1.54, 1.807) is 24.3 Å². The van der Waals surface area contributed by atoms with Crippen LogP contribution in [0.15, 0.2) is 58.5 Å². The maximum Gasteiger partial charge on any atom is 0.303 e. The Kier molecular flexibility index (Phi) is 8.59. The molecular weight excluding hydrogens is 404 g/mol. The Labute approximate surface area is 159 Å². The molecule has 0 amide bonds. The number of allylic oxidation sites excluding steroid dienone is 3. The third-order valence-corrected chi connectivity index (χ3v) is 7.26. The van der Waals surface area contributed by atoms with Gasteiger partial charge in [-0.05, 0) is 51.8 Å². The normalized spacial score (nSPS) is 14.5. The molecule has 0 aliphatic heterocycles. The van der Waals surface area contributed by atoms with Crippen LogP contribution in [0.3, 0.4) is 0 Å². The van der Waals surface area contributed by atoms with Gasteiger partial charge in [0.15, 0.2) is 14.0 Å². The molecule has 0 fully saturated rings. The summed E-state index contributed by atoms with van der Waals surface area (Å²) in [5.41, 5.74) is 2.20. The van der Waals surface area contributed by atoms with E-state index >= 15 is 0 Å². The summed E-state index contributed by atoms with van der Waals surface area (Å²) in [6.45, 7) is 7.24. The third-order valence-electron chi connectivity index (χ3n) is 3.47. The molecule has 0 aliphatic carbocycles. The van der Waals surface area contributed by atoms with Gasteiger partial charge < -0.3 is 4.74 Å². The third kappa shape index (κ3) is 7.16. The van der Waals surface area contributed by atoms with Gasteiger partial charge in [-0.25, -0.2) is 8.42 Å². The second kappa shape index (κ2) is 9.92. The lowest BCUT2D eigenvalue weighted by atomic mass is 10.1. The molecule has 25 heavy (non-hydrogen) atoms. The summed E-state index contributed by atoms with van der Waals surface area (Å²) in [6, 6.07) is 8.13. The Hall–Kier alpha value is -1.40. The van der Waals surface area contributed by atoms with Crippen molar-refractivity contribution in [3.8, 4) is 0 Å². The number of sulfone groups is 1. The molecule has 0 N–H and O–H groups in total. The molecule has 138 valence electrons. The van der Waals surface area contributed by atoms with E-state index in [9.17, 15) is 13.2 Å². The van der Waals surface area contributed by atoms with Crippen molar-refractivity contribution in [1.82, 2.24) is 0 Å². The van der Waals surface area contributed by atoms with Crippen molar-refractivity contribution < 1.29 is 17.9 Å². The van der Waals surface area contributed by atoms with Crippen molar-refractivity contribution in [3.05, 3.63) is 53.6 Å². The molecule has 0 saturated heterocycles. The van der Waals surface area contributed by atoms with Gasteiger partial charge in [-0.3, -0.25) is 4.79 Å². The Morgan fingerprint density at radius 3 is 2.28 bits per heavy atom. The molecule has 4 nitrogen and oxygen atoms in total. The van der Waals surface area contributed by atoms with E-state index < -0.39 is 26.1 Å². The summed E-state index contributed by atoms with van der Waals surface area (Å²) in [5.74, 6) is -0.522. The summed E-state index contributed by atoms with van der Waals surface area (Å²) in [7, 11) is -3.68. The fraction of sp³-hybridized carbons (Fsp3) is 0.421. The number of esters is 1. The average molecular weight is 429 g/mol. The summed E-state index contributed by atoms with van der Waals surface area (Å²) >= 11 is 3.23. The molecule has 1 rings (SSSR count). The van der Waals surface area contributed by atoms with Crippen molar-refractivity contribution in [2.45, 2.75) is 55.7 Å². The van der Waals surface area contributed by atoms with Gasteiger partial charge in [0.1, 0.15) is 6.10 Å². The molecule has 0 bridgehead atoms. The monoisotopic (exact) mass is 428 g/mol. The standard InChI is InChI=1S/C19H25BrO4S/c1-14(2)9-8-10-15(3)13-18(24-16(4)21)19(20)25(22,23)17-11-6-5-7-12-17/h5-7,9,11-13,18-19H,8,10H2,1-4H3/b15-13+. The molecule has 0 aliphatic rings. The Balaban J connectivity index is 3.05. The van der Waals surface area contributed by atoms with Crippen LogP contribution < -0.4 is 0 Å². The zero-order valence-electron chi connectivity index (χ0n) is 15.0. The Bertz CT molecular complexity index is 732. The van der Waals surface area contributed by atoms with Crippen molar-refractivity contribution in [1.29, 1.82) is 0 Å². The smallest absolute Gasteiger partial charge is 0.303 e. The van der Waals surface area contributed by atoms with Crippen LogP contribution in [-0.4, -0.2) is 24.7 Å². The summed E-state index contributed by atoms with van der Waals surface area (Å²) in [6.07, 6.45) is 4.56. The van der Waals surface area contributed by atoms with E-state index in [0.29, 0.717) is 0 Å². The van der Waals surface area contributed by atoms with Crippen molar-refractivity contribution in [3.63, 3.8) is 0 Å². The number of benzene rings is 1. The molecular formula is C19H25BrO4S. The van der Waals surface area contributed by atoms with Crippen molar-refractivity contribution in [2.75, 3.05) is 0 Å². The van der Waals surface area contributed by atoms with Crippen molar-refractivity contribution in [2.24, 2.45) is 0 Å². The van der Waals surface area contributed by atoms with E-state index in [2.05, 4.69) is 22.0 Å². The van der Waals surface area contributed by atoms with Crippen LogP contribution in [-0.2, 0) is 19.4 Å². The number of alkyl halides is 1. The zero-order chi connectivity index (χ0) is 19.0. The van der Waals surface area contributed by atoms with Crippen LogP contribution in [0.4, 0.5) is 0 Å². The molecule has 0 saturated carbocycles. The lowest BCUT2D eigenvalue weighted by molar-refractivity contribution is -0.143. The van der Waals surface area contributed by atoms with E-state index in [-0.39, 0.29) is 4.90 Å². The molecule has 2 unspecified atom stereocenters. The first kappa shape index (κ1) is 21.6. The van der Waals surface area contributed by atoms with E-state index in [1.807, 2.05) is 20.8 Å². The molecule has 0 aromatic heterocycles. The number of carbonyl (C=O) groups is 1. The number of hydrogen-bond donors (Lipinski definition) is 0. The SMILES string of the molecule is CC(=O)OC(/C=C(\C)CCC=C(C)C)C(Br)S(=O)(=O)c1ccccc1. The highest BCUT2D eigenvalue weighted by molar-refractivity contribution is 9.11. The molecule has 2 atom stereocenters. The Morgan fingerprint density at radius 2 is 1.76 bits per heavy atom. The van der Waals surface area contributed by atoms with Gasteiger partial charge in [0.2, 0.25) is 0 Å². The highest BCUT2D eigenvalue weighted by atomic mass is 79.9. The van der Waals surface area contributed by atoms with Crippen LogP contribution in [0, 0.1) is 0 Å². The molecule has 1 aromatic rings. The average Bonchev–Trinajstić information content (AvgIpc) is 2.53. The number of carbonyl (C=O) groups excluding carboxylic acids is 1. The highest BCUT2D eigenvalue weighted by Gasteiger charge is 2.33. The Morgan fingerprint density at radius 1 is 1.16 bits per heavy atom. The van der Waals surface area contributed by atoms with Crippen molar-refractivity contribution >= 4 is 31.7 Å². The van der Waals surface area contributed by atoms with Gasteiger partial charge in [0, 0.05) is 6.92 Å².